The quantitative estimate of drug-likeness (QED) is 0.814. The predicted octanol–water partition coefficient (Wildman–Crippen LogP) is 2.56. The fraction of sp³-hybridized carbons (Fsp3) is 0.143. The van der Waals surface area contributed by atoms with Gasteiger partial charge in [0, 0.05) is 11.3 Å². The number of carboxylic acid groups (broad SMARTS) is 1. The van der Waals surface area contributed by atoms with E-state index >= 15 is 0 Å². The predicted molar refractivity (Wildman–Crippen MR) is 67.1 cm³/mol. The van der Waals surface area contributed by atoms with Gasteiger partial charge in [-0.15, -0.1) is 0 Å². The summed E-state index contributed by atoms with van der Waals surface area (Å²) in [4.78, 5) is 26.2. The van der Waals surface area contributed by atoms with Crippen LogP contribution in [0.1, 0.15) is 37.7 Å². The van der Waals surface area contributed by atoms with Crippen LogP contribution in [0.3, 0.4) is 0 Å². The molecule has 0 saturated heterocycles. The van der Waals surface area contributed by atoms with Crippen molar-refractivity contribution < 1.29 is 14.7 Å². The molecule has 2 N–H and O–H groups in total. The number of hydrogen-bond donors (Lipinski definition) is 2. The number of carbonyl (C=O) groups is 2. The number of aryl methyl sites for hydroxylation is 1. The molecule has 0 unspecified atom stereocenters. The number of benzene rings is 1. The summed E-state index contributed by atoms with van der Waals surface area (Å²) in [6, 6.07) is 8.79. The van der Waals surface area contributed by atoms with Gasteiger partial charge in [0.15, 0.2) is 0 Å². The summed E-state index contributed by atoms with van der Waals surface area (Å²) in [5.74, 6) is -1.21. The Morgan fingerprint density at radius 1 is 1.11 bits per heavy atom. The summed E-state index contributed by atoms with van der Waals surface area (Å²) >= 11 is 0. The minimum absolute atomic E-state index is 0.175. The molecule has 0 saturated carbocycles. The fourth-order valence-corrected chi connectivity index (χ4v) is 2.03. The van der Waals surface area contributed by atoms with Crippen LogP contribution in [0.5, 0.6) is 0 Å². The lowest BCUT2D eigenvalue weighted by Gasteiger charge is -2.00. The van der Waals surface area contributed by atoms with Crippen LogP contribution in [0.4, 0.5) is 0 Å². The number of hydrogen-bond acceptors (Lipinski definition) is 2. The Morgan fingerprint density at radius 3 is 2.22 bits per heavy atom. The summed E-state index contributed by atoms with van der Waals surface area (Å²) in [6.07, 6.45) is 0. The van der Waals surface area contributed by atoms with Crippen LogP contribution in [0.2, 0.25) is 0 Å². The molecule has 0 bridgehead atoms. The number of aromatic nitrogens is 1. The maximum Gasteiger partial charge on any atom is 0.337 e. The summed E-state index contributed by atoms with van der Waals surface area (Å²) < 4.78 is 0. The highest BCUT2D eigenvalue weighted by atomic mass is 16.4. The minimum Gasteiger partial charge on any atom is -0.478 e. The number of carbonyl (C=O) groups excluding carboxylic acids is 1. The van der Waals surface area contributed by atoms with Crippen molar-refractivity contribution in [2.45, 2.75) is 13.8 Å². The van der Waals surface area contributed by atoms with Gasteiger partial charge in [-0.2, -0.15) is 0 Å². The average molecular weight is 243 g/mol. The highest BCUT2D eigenvalue weighted by molar-refractivity contribution is 6.10. The highest BCUT2D eigenvalue weighted by Gasteiger charge is 2.21. The molecule has 92 valence electrons. The molecule has 0 aliphatic carbocycles. The van der Waals surface area contributed by atoms with Crippen LogP contribution < -0.4 is 0 Å². The van der Waals surface area contributed by atoms with E-state index < -0.39 is 5.97 Å². The Balaban J connectivity index is 2.51. The van der Waals surface area contributed by atoms with E-state index in [1.54, 1.807) is 38.1 Å². The Bertz CT molecular complexity index is 611. The van der Waals surface area contributed by atoms with Crippen molar-refractivity contribution in [2.24, 2.45) is 0 Å². The Labute approximate surface area is 104 Å². The topological polar surface area (TPSA) is 70.2 Å². The lowest BCUT2D eigenvalue weighted by Crippen LogP contribution is -2.04. The van der Waals surface area contributed by atoms with Gasteiger partial charge < -0.3 is 10.1 Å². The first-order valence-electron chi connectivity index (χ1n) is 5.54. The first-order valence-corrected chi connectivity index (χ1v) is 5.54. The van der Waals surface area contributed by atoms with Gasteiger partial charge >= 0.3 is 5.97 Å². The molecule has 2 rings (SSSR count). The van der Waals surface area contributed by atoms with Crippen molar-refractivity contribution in [1.29, 1.82) is 0 Å². The zero-order chi connectivity index (χ0) is 13.3. The van der Waals surface area contributed by atoms with Crippen molar-refractivity contribution >= 4 is 11.8 Å². The largest absolute Gasteiger partial charge is 0.478 e. The van der Waals surface area contributed by atoms with Gasteiger partial charge in [-0.1, -0.05) is 30.3 Å². The van der Waals surface area contributed by atoms with E-state index in [-0.39, 0.29) is 11.3 Å². The summed E-state index contributed by atoms with van der Waals surface area (Å²) in [5.41, 5.74) is 2.04. The zero-order valence-corrected chi connectivity index (χ0v) is 10.2. The van der Waals surface area contributed by atoms with Crippen LogP contribution in [-0.2, 0) is 0 Å². The highest BCUT2D eigenvalue weighted by Crippen LogP contribution is 2.20. The van der Waals surface area contributed by atoms with Crippen LogP contribution in [-0.4, -0.2) is 21.8 Å². The molecule has 0 aliphatic heterocycles. The molecule has 18 heavy (non-hydrogen) atoms. The molecule has 1 heterocycles. The van der Waals surface area contributed by atoms with Crippen molar-refractivity contribution in [3.8, 4) is 0 Å². The minimum atomic E-state index is -1.02. The van der Waals surface area contributed by atoms with Gasteiger partial charge in [-0.25, -0.2) is 4.79 Å². The molecule has 0 aliphatic rings. The van der Waals surface area contributed by atoms with Crippen molar-refractivity contribution in [1.82, 2.24) is 4.98 Å². The van der Waals surface area contributed by atoms with E-state index in [0.717, 1.165) is 0 Å². The molecule has 1 aromatic heterocycles. The van der Waals surface area contributed by atoms with Gasteiger partial charge in [-0.05, 0) is 19.4 Å². The van der Waals surface area contributed by atoms with E-state index in [1.807, 2.05) is 6.07 Å². The molecule has 0 spiro atoms. The van der Waals surface area contributed by atoms with Gasteiger partial charge in [0.1, 0.15) is 0 Å². The number of rotatable bonds is 3. The van der Waals surface area contributed by atoms with Crippen molar-refractivity contribution in [3.63, 3.8) is 0 Å². The third kappa shape index (κ3) is 1.93. The molecule has 4 heteroatoms. The maximum absolute atomic E-state index is 12.2. The molecule has 0 fully saturated rings. The lowest BCUT2D eigenvalue weighted by molar-refractivity contribution is 0.0695. The fourth-order valence-electron chi connectivity index (χ4n) is 2.03. The molecule has 2 aromatic rings. The Hall–Kier alpha value is -2.36. The Kier molecular flexibility index (Phi) is 3.02. The van der Waals surface area contributed by atoms with E-state index in [1.165, 1.54) is 0 Å². The summed E-state index contributed by atoms with van der Waals surface area (Å²) in [6.45, 7) is 3.29. The second-order valence-electron chi connectivity index (χ2n) is 4.13. The van der Waals surface area contributed by atoms with Gasteiger partial charge in [0.25, 0.3) is 0 Å². The van der Waals surface area contributed by atoms with E-state index in [9.17, 15) is 9.59 Å². The van der Waals surface area contributed by atoms with Crippen LogP contribution in [0.15, 0.2) is 30.3 Å². The zero-order valence-electron chi connectivity index (χ0n) is 10.2. The third-order valence-corrected chi connectivity index (χ3v) is 2.91. The lowest BCUT2D eigenvalue weighted by atomic mass is 10.0. The van der Waals surface area contributed by atoms with Gasteiger partial charge in [-0.3, -0.25) is 4.79 Å². The maximum atomic E-state index is 12.2. The van der Waals surface area contributed by atoms with Crippen LogP contribution in [0, 0.1) is 13.8 Å². The third-order valence-electron chi connectivity index (χ3n) is 2.91. The van der Waals surface area contributed by atoms with Gasteiger partial charge in [0.2, 0.25) is 5.78 Å². The first-order chi connectivity index (χ1) is 8.52. The molecule has 0 atom stereocenters. The molecule has 1 aromatic carbocycles. The number of ketones is 1. The monoisotopic (exact) mass is 243 g/mol. The molecule has 4 nitrogen and oxygen atoms in total. The standard InChI is InChI=1S/C14H13NO3/c1-8-11(14(17)18)9(2)15-12(8)13(16)10-6-4-3-5-7-10/h3-7,15H,1-2H3,(H,17,18). The van der Waals surface area contributed by atoms with E-state index in [0.29, 0.717) is 22.5 Å². The average Bonchev–Trinajstić information content (AvgIpc) is 2.65. The number of carboxylic acids is 1. The second-order valence-corrected chi connectivity index (χ2v) is 4.13. The summed E-state index contributed by atoms with van der Waals surface area (Å²) in [5, 5.41) is 9.08. The summed E-state index contributed by atoms with van der Waals surface area (Å²) in [7, 11) is 0. The molecular formula is C14H13NO3. The smallest absolute Gasteiger partial charge is 0.337 e. The van der Waals surface area contributed by atoms with E-state index in [4.69, 9.17) is 5.11 Å². The number of aromatic amines is 1. The Morgan fingerprint density at radius 2 is 1.72 bits per heavy atom. The van der Waals surface area contributed by atoms with Crippen LogP contribution in [0.25, 0.3) is 0 Å². The normalized spacial score (nSPS) is 10.3. The molecular weight excluding hydrogens is 230 g/mol. The first kappa shape index (κ1) is 12.1. The van der Waals surface area contributed by atoms with Crippen LogP contribution >= 0.6 is 0 Å². The number of aromatic carboxylic acids is 1. The molecule has 0 amide bonds. The molecule has 0 radical (unpaired) electrons. The van der Waals surface area contributed by atoms with E-state index in [2.05, 4.69) is 4.98 Å². The SMILES string of the molecule is Cc1[nH]c(C(=O)c2ccccc2)c(C)c1C(=O)O. The van der Waals surface area contributed by atoms with Gasteiger partial charge in [0.05, 0.1) is 11.3 Å². The van der Waals surface area contributed by atoms with Crippen molar-refractivity contribution in [2.75, 3.05) is 0 Å². The second kappa shape index (κ2) is 4.49. The van der Waals surface area contributed by atoms with Crippen molar-refractivity contribution in [3.05, 3.63) is 58.4 Å². The number of nitrogens with one attached hydrogen (secondary N) is 1. The number of H-pyrrole nitrogens is 1.